The van der Waals surface area contributed by atoms with Crippen molar-refractivity contribution in [3.8, 4) is 11.5 Å². The van der Waals surface area contributed by atoms with Gasteiger partial charge in [-0.2, -0.15) is 0 Å². The van der Waals surface area contributed by atoms with Crippen molar-refractivity contribution in [2.75, 3.05) is 34.9 Å². The van der Waals surface area contributed by atoms with Gasteiger partial charge in [0, 0.05) is 6.54 Å². The van der Waals surface area contributed by atoms with Crippen molar-refractivity contribution >= 4 is 5.91 Å². The molecule has 1 atom stereocenters. The number of carbonyl (C=O) groups is 1. The fraction of sp³-hybridized carbons (Fsp3) is 0.316. The van der Waals surface area contributed by atoms with Gasteiger partial charge in [0.05, 0.1) is 25.8 Å². The third-order valence-electron chi connectivity index (χ3n) is 3.70. The van der Waals surface area contributed by atoms with Crippen LogP contribution in [0, 0.1) is 0 Å². The second-order valence-electron chi connectivity index (χ2n) is 5.74. The van der Waals surface area contributed by atoms with E-state index in [2.05, 4.69) is 5.32 Å². The maximum Gasteiger partial charge on any atom is 0.255 e. The molecule has 0 aliphatic rings. The van der Waals surface area contributed by atoms with E-state index >= 15 is 0 Å². The zero-order chi connectivity index (χ0) is 17.5. The summed E-state index contributed by atoms with van der Waals surface area (Å²) in [7, 11) is 7.05. The predicted octanol–water partition coefficient (Wildman–Crippen LogP) is 2.74. The first-order chi connectivity index (χ1) is 11.6. The minimum atomic E-state index is -0.193. The maximum atomic E-state index is 12.8. The first-order valence-corrected chi connectivity index (χ1v) is 7.78. The van der Waals surface area contributed by atoms with E-state index in [0.717, 1.165) is 5.56 Å². The van der Waals surface area contributed by atoms with E-state index < -0.39 is 0 Å². The van der Waals surface area contributed by atoms with Gasteiger partial charge in [0.15, 0.2) is 11.5 Å². The lowest BCUT2D eigenvalue weighted by atomic mass is 10.1. The minimum absolute atomic E-state index is 0.121. The van der Waals surface area contributed by atoms with E-state index in [-0.39, 0.29) is 11.9 Å². The first kappa shape index (κ1) is 17.8. The van der Waals surface area contributed by atoms with E-state index in [1.54, 1.807) is 25.3 Å². The summed E-state index contributed by atoms with van der Waals surface area (Å²) < 4.78 is 10.6. The zero-order valence-corrected chi connectivity index (χ0v) is 14.6. The molecule has 1 N–H and O–H groups in total. The Morgan fingerprint density at radius 3 is 2.33 bits per heavy atom. The van der Waals surface area contributed by atoms with Crippen LogP contribution in [0.2, 0.25) is 0 Å². The van der Waals surface area contributed by atoms with Crippen molar-refractivity contribution in [2.45, 2.75) is 6.04 Å². The number of rotatable bonds is 7. The molecule has 1 amide bonds. The van der Waals surface area contributed by atoms with Gasteiger partial charge in [-0.1, -0.05) is 36.4 Å². The highest BCUT2D eigenvalue weighted by Gasteiger charge is 2.21. The Labute approximate surface area is 143 Å². The van der Waals surface area contributed by atoms with Crippen LogP contribution in [0.4, 0.5) is 0 Å². The molecule has 0 bridgehead atoms. The smallest absolute Gasteiger partial charge is 0.255 e. The first-order valence-electron chi connectivity index (χ1n) is 7.78. The molecule has 24 heavy (non-hydrogen) atoms. The van der Waals surface area contributed by atoms with Gasteiger partial charge in [0.25, 0.3) is 5.91 Å². The van der Waals surface area contributed by atoms with Crippen LogP contribution in [0.15, 0.2) is 48.5 Å². The van der Waals surface area contributed by atoms with Gasteiger partial charge in [-0.25, -0.2) is 0 Å². The number of nitrogens with zero attached hydrogens (tertiary/aromatic N) is 1. The number of hydrogen-bond donors (Lipinski definition) is 1. The quantitative estimate of drug-likeness (QED) is 0.849. The normalized spacial score (nSPS) is 11.9. The molecule has 0 radical (unpaired) electrons. The van der Waals surface area contributed by atoms with Gasteiger partial charge < -0.3 is 19.7 Å². The van der Waals surface area contributed by atoms with Crippen molar-refractivity contribution in [3.63, 3.8) is 0 Å². The maximum absolute atomic E-state index is 12.8. The second kappa shape index (κ2) is 8.36. The van der Waals surface area contributed by atoms with Crippen LogP contribution in [0.5, 0.6) is 11.5 Å². The summed E-state index contributed by atoms with van der Waals surface area (Å²) in [5, 5.41) is 3.09. The fourth-order valence-electron chi connectivity index (χ4n) is 2.59. The molecular formula is C19H24N2O3. The van der Waals surface area contributed by atoms with Gasteiger partial charge in [-0.3, -0.25) is 4.79 Å². The number of ether oxygens (including phenoxy) is 2. The third kappa shape index (κ3) is 4.26. The summed E-state index contributed by atoms with van der Waals surface area (Å²) in [6.45, 7) is 0.696. The molecule has 0 saturated carbocycles. The Hall–Kier alpha value is -2.53. The molecule has 0 spiro atoms. The van der Waals surface area contributed by atoms with Crippen LogP contribution in [0.3, 0.4) is 0 Å². The molecule has 1 unspecified atom stereocenters. The summed E-state index contributed by atoms with van der Waals surface area (Å²) in [5.74, 6) is 0.782. The summed E-state index contributed by atoms with van der Waals surface area (Å²) in [6, 6.07) is 15.1. The molecule has 128 valence electrons. The van der Waals surface area contributed by atoms with Gasteiger partial charge in [0.2, 0.25) is 0 Å². The summed E-state index contributed by atoms with van der Waals surface area (Å²) in [4.78, 5) is 14.8. The number of methoxy groups -OCH3 is 2. The van der Waals surface area contributed by atoms with Crippen LogP contribution >= 0.6 is 0 Å². The molecule has 2 rings (SSSR count). The van der Waals surface area contributed by atoms with Crippen molar-refractivity contribution in [2.24, 2.45) is 0 Å². The Morgan fingerprint density at radius 2 is 1.75 bits per heavy atom. The molecule has 5 heteroatoms. The number of likely N-dealkylation sites (N-methyl/N-ethyl adjacent to an activating group) is 1. The zero-order valence-electron chi connectivity index (χ0n) is 14.6. The van der Waals surface area contributed by atoms with E-state index in [0.29, 0.717) is 23.6 Å². The van der Waals surface area contributed by atoms with Crippen LogP contribution in [0.25, 0.3) is 0 Å². The van der Waals surface area contributed by atoms with Crippen LogP contribution < -0.4 is 14.8 Å². The average molecular weight is 328 g/mol. The summed E-state index contributed by atoms with van der Waals surface area (Å²) in [6.07, 6.45) is 0. The van der Waals surface area contributed by atoms with Crippen molar-refractivity contribution in [1.29, 1.82) is 0 Å². The van der Waals surface area contributed by atoms with Crippen LogP contribution in [-0.4, -0.2) is 45.7 Å². The predicted molar refractivity (Wildman–Crippen MR) is 94.7 cm³/mol. The minimum Gasteiger partial charge on any atom is -0.493 e. The highest BCUT2D eigenvalue weighted by Crippen LogP contribution is 2.31. The number of nitrogens with one attached hydrogen (secondary N) is 1. The fourth-order valence-corrected chi connectivity index (χ4v) is 2.59. The average Bonchev–Trinajstić information content (AvgIpc) is 2.60. The summed E-state index contributed by atoms with van der Waals surface area (Å²) >= 11 is 0. The molecule has 0 saturated heterocycles. The lowest BCUT2D eigenvalue weighted by molar-refractivity contribution is 0.0926. The molecule has 0 aromatic heterocycles. The molecule has 5 nitrogen and oxygen atoms in total. The monoisotopic (exact) mass is 328 g/mol. The lowest BCUT2D eigenvalue weighted by Crippen LogP contribution is -2.35. The number of carbonyl (C=O) groups excluding carboxylic acids is 1. The van der Waals surface area contributed by atoms with E-state index in [1.165, 1.54) is 7.11 Å². The SMILES string of the molecule is COc1cccc(C(=O)NC(CN(C)C)c2ccccc2)c1OC. The molecule has 0 aliphatic heterocycles. The summed E-state index contributed by atoms with van der Waals surface area (Å²) in [5.41, 5.74) is 1.51. The van der Waals surface area contributed by atoms with Crippen LogP contribution in [0.1, 0.15) is 22.0 Å². The lowest BCUT2D eigenvalue weighted by Gasteiger charge is -2.23. The van der Waals surface area contributed by atoms with E-state index in [1.807, 2.05) is 49.3 Å². The molecular weight excluding hydrogens is 304 g/mol. The number of hydrogen-bond acceptors (Lipinski definition) is 4. The molecule has 2 aromatic carbocycles. The van der Waals surface area contributed by atoms with Crippen molar-refractivity contribution < 1.29 is 14.3 Å². The Bertz CT molecular complexity index is 672. The third-order valence-corrected chi connectivity index (χ3v) is 3.70. The van der Waals surface area contributed by atoms with Gasteiger partial charge in [-0.15, -0.1) is 0 Å². The molecule has 2 aromatic rings. The van der Waals surface area contributed by atoms with Crippen LogP contribution in [-0.2, 0) is 0 Å². The topological polar surface area (TPSA) is 50.8 Å². The second-order valence-corrected chi connectivity index (χ2v) is 5.74. The Kier molecular flexibility index (Phi) is 6.21. The van der Waals surface area contributed by atoms with Gasteiger partial charge in [-0.05, 0) is 31.8 Å². The Morgan fingerprint density at radius 1 is 1.04 bits per heavy atom. The largest absolute Gasteiger partial charge is 0.493 e. The van der Waals surface area contributed by atoms with Crippen molar-refractivity contribution in [3.05, 3.63) is 59.7 Å². The molecule has 0 aliphatic carbocycles. The Balaban J connectivity index is 2.28. The highest BCUT2D eigenvalue weighted by molar-refractivity contribution is 5.98. The molecule has 0 heterocycles. The number of benzene rings is 2. The number of amides is 1. The molecule has 0 fully saturated rings. The van der Waals surface area contributed by atoms with Gasteiger partial charge in [0.1, 0.15) is 0 Å². The van der Waals surface area contributed by atoms with Crippen molar-refractivity contribution in [1.82, 2.24) is 10.2 Å². The van der Waals surface area contributed by atoms with Gasteiger partial charge >= 0.3 is 0 Å². The van der Waals surface area contributed by atoms with E-state index in [4.69, 9.17) is 9.47 Å². The standard InChI is InChI=1S/C19H24N2O3/c1-21(2)13-16(14-9-6-5-7-10-14)20-19(22)15-11-8-12-17(23-3)18(15)24-4/h5-12,16H,13H2,1-4H3,(H,20,22). The van der Waals surface area contributed by atoms with E-state index in [9.17, 15) is 4.79 Å². The number of para-hydroxylation sites is 1. The highest BCUT2D eigenvalue weighted by atomic mass is 16.5.